The molecule has 3 rings (SSSR count). The number of benzene rings is 1. The predicted octanol–water partition coefficient (Wildman–Crippen LogP) is 2.29. The molecule has 1 aromatic heterocycles. The molecule has 1 atom stereocenters. The van der Waals surface area contributed by atoms with Gasteiger partial charge in [-0.3, -0.25) is 0 Å². The maximum atomic E-state index is 11.7. The summed E-state index contributed by atoms with van der Waals surface area (Å²) in [6.07, 6.45) is 2.93. The molecule has 0 fully saturated rings. The third kappa shape index (κ3) is 2.28. The highest BCUT2D eigenvalue weighted by molar-refractivity contribution is 5.92. The lowest BCUT2D eigenvalue weighted by atomic mass is 9.88. The summed E-state index contributed by atoms with van der Waals surface area (Å²) < 4.78 is 6.71. The number of aryl methyl sites for hydroxylation is 2. The number of aromatic nitrogens is 2. The molecule has 0 saturated carbocycles. The first-order valence-corrected chi connectivity index (χ1v) is 7.11. The van der Waals surface area contributed by atoms with Gasteiger partial charge in [0.2, 0.25) is 0 Å². The van der Waals surface area contributed by atoms with Crippen molar-refractivity contribution in [1.29, 1.82) is 0 Å². The molecule has 2 N–H and O–H groups in total. The molecule has 0 spiro atoms. The molecule has 1 aliphatic rings. The highest BCUT2D eigenvalue weighted by Gasteiger charge is 2.26. The fourth-order valence-corrected chi connectivity index (χ4v) is 3.17. The summed E-state index contributed by atoms with van der Waals surface area (Å²) in [6, 6.07) is 8.71. The van der Waals surface area contributed by atoms with Crippen molar-refractivity contribution >= 4 is 11.8 Å². The number of nitrogen functional groups attached to an aromatic ring is 1. The van der Waals surface area contributed by atoms with Crippen molar-refractivity contribution in [2.24, 2.45) is 0 Å². The molecule has 5 nitrogen and oxygen atoms in total. The Morgan fingerprint density at radius 3 is 2.81 bits per heavy atom. The van der Waals surface area contributed by atoms with Gasteiger partial charge >= 0.3 is 5.97 Å². The summed E-state index contributed by atoms with van der Waals surface area (Å²) in [4.78, 5) is 16.0. The minimum absolute atomic E-state index is 0.217. The van der Waals surface area contributed by atoms with E-state index in [1.165, 1.54) is 18.2 Å². The molecule has 1 aliphatic carbocycles. The zero-order valence-electron chi connectivity index (χ0n) is 12.3. The van der Waals surface area contributed by atoms with Crippen LogP contribution in [0.25, 0.3) is 0 Å². The Bertz CT molecular complexity index is 691. The van der Waals surface area contributed by atoms with E-state index in [0.29, 0.717) is 5.82 Å². The zero-order valence-corrected chi connectivity index (χ0v) is 12.3. The van der Waals surface area contributed by atoms with E-state index in [1.807, 2.05) is 11.5 Å². The van der Waals surface area contributed by atoms with E-state index in [1.54, 1.807) is 0 Å². The number of nitrogens with two attached hydrogens (primary N) is 1. The second kappa shape index (κ2) is 5.24. The van der Waals surface area contributed by atoms with Crippen LogP contribution in [0.15, 0.2) is 24.3 Å². The number of carbonyl (C=O) groups excluding carboxylic acids is 1. The van der Waals surface area contributed by atoms with Crippen LogP contribution >= 0.6 is 0 Å². The molecule has 5 heteroatoms. The Morgan fingerprint density at radius 2 is 2.10 bits per heavy atom. The van der Waals surface area contributed by atoms with E-state index in [4.69, 9.17) is 10.5 Å². The molecule has 1 heterocycles. The van der Waals surface area contributed by atoms with Gasteiger partial charge in [-0.15, -0.1) is 0 Å². The van der Waals surface area contributed by atoms with Crippen molar-refractivity contribution in [2.45, 2.75) is 32.2 Å². The molecule has 0 aliphatic heterocycles. The highest BCUT2D eigenvalue weighted by atomic mass is 16.5. The summed E-state index contributed by atoms with van der Waals surface area (Å²) in [5, 5.41) is 0. The molecule has 0 bridgehead atoms. The summed E-state index contributed by atoms with van der Waals surface area (Å²) in [5.74, 6) is 0.687. The van der Waals surface area contributed by atoms with E-state index < -0.39 is 5.97 Å². The van der Waals surface area contributed by atoms with Crippen molar-refractivity contribution < 1.29 is 9.53 Å². The van der Waals surface area contributed by atoms with Gasteiger partial charge in [0.15, 0.2) is 5.69 Å². The van der Waals surface area contributed by atoms with Crippen molar-refractivity contribution in [2.75, 3.05) is 12.8 Å². The van der Waals surface area contributed by atoms with Crippen LogP contribution in [-0.4, -0.2) is 22.6 Å². The lowest BCUT2D eigenvalue weighted by Crippen LogP contribution is -2.21. The normalized spacial score (nSPS) is 17.3. The quantitative estimate of drug-likeness (QED) is 0.859. The number of hydrogen-bond acceptors (Lipinski definition) is 4. The smallest absolute Gasteiger partial charge is 0.360 e. The maximum Gasteiger partial charge on any atom is 0.360 e. The van der Waals surface area contributed by atoms with Crippen LogP contribution < -0.4 is 5.73 Å². The third-order valence-electron chi connectivity index (χ3n) is 4.19. The number of fused-ring (bicyclic) bond motifs is 1. The van der Waals surface area contributed by atoms with Gasteiger partial charge in [0.05, 0.1) is 7.11 Å². The lowest BCUT2D eigenvalue weighted by molar-refractivity contribution is 0.0595. The Labute approximate surface area is 123 Å². The van der Waals surface area contributed by atoms with E-state index in [9.17, 15) is 4.79 Å². The SMILES string of the molecule is COC(=O)c1nc(C)n(C2CCc3ccccc3C2)c1N. The summed E-state index contributed by atoms with van der Waals surface area (Å²) in [6.45, 7) is 1.88. The van der Waals surface area contributed by atoms with Gasteiger partial charge in [-0.05, 0) is 37.3 Å². The van der Waals surface area contributed by atoms with Gasteiger partial charge in [0, 0.05) is 6.04 Å². The van der Waals surface area contributed by atoms with E-state index in [2.05, 4.69) is 29.2 Å². The molecule has 21 heavy (non-hydrogen) atoms. The van der Waals surface area contributed by atoms with Crippen LogP contribution in [0.3, 0.4) is 0 Å². The second-order valence-electron chi connectivity index (χ2n) is 5.42. The standard InChI is InChI=1S/C16H19N3O2/c1-10-18-14(16(20)21-2)15(17)19(10)13-8-7-11-5-3-4-6-12(11)9-13/h3-6,13H,7-9,17H2,1-2H3. The van der Waals surface area contributed by atoms with Gasteiger partial charge in [-0.1, -0.05) is 24.3 Å². The number of methoxy groups -OCH3 is 1. The Kier molecular flexibility index (Phi) is 3.41. The number of ether oxygens (including phenoxy) is 1. The van der Waals surface area contributed by atoms with Crippen LogP contribution in [0, 0.1) is 6.92 Å². The molecule has 0 saturated heterocycles. The molecule has 1 aromatic carbocycles. The monoisotopic (exact) mass is 285 g/mol. The number of hydrogen-bond donors (Lipinski definition) is 1. The molecule has 110 valence electrons. The predicted molar refractivity (Wildman–Crippen MR) is 80.2 cm³/mol. The largest absolute Gasteiger partial charge is 0.464 e. The average molecular weight is 285 g/mol. The number of anilines is 1. The first kappa shape index (κ1) is 13.7. The Balaban J connectivity index is 1.96. The fourth-order valence-electron chi connectivity index (χ4n) is 3.17. The van der Waals surface area contributed by atoms with Gasteiger partial charge in [-0.25, -0.2) is 9.78 Å². The van der Waals surface area contributed by atoms with Crippen LogP contribution in [0.1, 0.15) is 39.9 Å². The van der Waals surface area contributed by atoms with Crippen LogP contribution in [0.2, 0.25) is 0 Å². The number of rotatable bonds is 2. The average Bonchev–Trinajstić information content (AvgIpc) is 2.81. The molecule has 1 unspecified atom stereocenters. The summed E-state index contributed by atoms with van der Waals surface area (Å²) in [7, 11) is 1.34. The first-order chi connectivity index (χ1) is 10.1. The van der Waals surface area contributed by atoms with E-state index in [0.717, 1.165) is 25.1 Å². The van der Waals surface area contributed by atoms with Crippen molar-refractivity contribution in [1.82, 2.24) is 9.55 Å². The Hall–Kier alpha value is -2.30. The topological polar surface area (TPSA) is 70.1 Å². The second-order valence-corrected chi connectivity index (χ2v) is 5.42. The summed E-state index contributed by atoms with van der Waals surface area (Å²) in [5.41, 5.74) is 9.10. The minimum atomic E-state index is -0.481. The van der Waals surface area contributed by atoms with Crippen molar-refractivity contribution in [3.8, 4) is 0 Å². The number of esters is 1. The summed E-state index contributed by atoms with van der Waals surface area (Å²) >= 11 is 0. The maximum absolute atomic E-state index is 11.7. The third-order valence-corrected chi connectivity index (χ3v) is 4.19. The van der Waals surface area contributed by atoms with Gasteiger partial charge in [0.25, 0.3) is 0 Å². The number of nitrogens with zero attached hydrogens (tertiary/aromatic N) is 2. The van der Waals surface area contributed by atoms with Crippen LogP contribution in [0.5, 0.6) is 0 Å². The molecule has 0 amide bonds. The number of imidazole rings is 1. The van der Waals surface area contributed by atoms with E-state index >= 15 is 0 Å². The van der Waals surface area contributed by atoms with E-state index in [-0.39, 0.29) is 11.7 Å². The van der Waals surface area contributed by atoms with Gasteiger partial charge in [0.1, 0.15) is 11.6 Å². The Morgan fingerprint density at radius 1 is 1.38 bits per heavy atom. The fraction of sp³-hybridized carbons (Fsp3) is 0.375. The van der Waals surface area contributed by atoms with Crippen LogP contribution in [-0.2, 0) is 17.6 Å². The molecule has 0 radical (unpaired) electrons. The van der Waals surface area contributed by atoms with Gasteiger partial charge in [-0.2, -0.15) is 0 Å². The number of carbonyl (C=O) groups is 1. The molecular formula is C16H19N3O2. The van der Waals surface area contributed by atoms with Gasteiger partial charge < -0.3 is 15.0 Å². The molecule has 2 aromatic rings. The molecular weight excluding hydrogens is 266 g/mol. The zero-order chi connectivity index (χ0) is 15.0. The first-order valence-electron chi connectivity index (χ1n) is 7.11. The highest BCUT2D eigenvalue weighted by Crippen LogP contribution is 2.32. The van der Waals surface area contributed by atoms with Crippen molar-refractivity contribution in [3.63, 3.8) is 0 Å². The minimum Gasteiger partial charge on any atom is -0.464 e. The van der Waals surface area contributed by atoms with Crippen LogP contribution in [0.4, 0.5) is 5.82 Å². The lowest BCUT2D eigenvalue weighted by Gasteiger charge is -2.27. The van der Waals surface area contributed by atoms with Crippen molar-refractivity contribution in [3.05, 3.63) is 46.9 Å².